The van der Waals surface area contributed by atoms with E-state index in [9.17, 15) is 17.2 Å². The number of hydrogen-bond acceptors (Lipinski definition) is 5. The second kappa shape index (κ2) is 7.22. The fraction of sp³-hybridized carbons (Fsp3) is 0.250. The van der Waals surface area contributed by atoms with Crippen molar-refractivity contribution in [1.82, 2.24) is 19.9 Å². The highest BCUT2D eigenvalue weighted by molar-refractivity contribution is 7.89. The van der Waals surface area contributed by atoms with Crippen LogP contribution in [0.4, 0.5) is 8.78 Å². The molecule has 0 saturated heterocycles. The Labute approximate surface area is 153 Å². The first-order chi connectivity index (χ1) is 12.3. The Balaban J connectivity index is 1.70. The van der Waals surface area contributed by atoms with Gasteiger partial charge in [0.1, 0.15) is 21.5 Å². The zero-order valence-corrected chi connectivity index (χ0v) is 15.6. The van der Waals surface area contributed by atoms with Gasteiger partial charge in [-0.15, -0.1) is 11.3 Å². The molecule has 2 aromatic heterocycles. The molecule has 138 valence electrons. The summed E-state index contributed by atoms with van der Waals surface area (Å²) in [5.41, 5.74) is 1.23. The van der Waals surface area contributed by atoms with E-state index in [0.717, 1.165) is 11.3 Å². The minimum atomic E-state index is -3.70. The molecule has 0 unspecified atom stereocenters. The molecule has 0 spiro atoms. The average molecular weight is 398 g/mol. The SMILES string of the molecule is Cc1n[nH]c(C)c1S(=O)(=O)NCCc1csc(-c2c(F)cccc2F)n1. The molecular formula is C16H16F2N4O2S2. The number of nitrogens with zero attached hydrogens (tertiary/aromatic N) is 2. The summed E-state index contributed by atoms with van der Waals surface area (Å²) in [6.07, 6.45) is 0.293. The number of aromatic nitrogens is 3. The number of rotatable bonds is 6. The first-order valence-corrected chi connectivity index (χ1v) is 10.1. The van der Waals surface area contributed by atoms with Gasteiger partial charge in [0.2, 0.25) is 10.0 Å². The molecule has 0 aliphatic carbocycles. The summed E-state index contributed by atoms with van der Waals surface area (Å²) in [5, 5.41) is 8.39. The van der Waals surface area contributed by atoms with Gasteiger partial charge in [0, 0.05) is 18.3 Å². The van der Waals surface area contributed by atoms with Crippen LogP contribution >= 0.6 is 11.3 Å². The smallest absolute Gasteiger partial charge is 0.244 e. The van der Waals surface area contributed by atoms with Crippen LogP contribution in [0.2, 0.25) is 0 Å². The minimum absolute atomic E-state index is 0.106. The zero-order valence-electron chi connectivity index (χ0n) is 14.0. The highest BCUT2D eigenvalue weighted by Crippen LogP contribution is 2.29. The number of H-pyrrole nitrogens is 1. The predicted octanol–water partition coefficient (Wildman–Crippen LogP) is 2.95. The van der Waals surface area contributed by atoms with Gasteiger partial charge in [-0.3, -0.25) is 5.10 Å². The lowest BCUT2D eigenvalue weighted by Crippen LogP contribution is -2.27. The number of sulfonamides is 1. The Morgan fingerprint density at radius 3 is 2.54 bits per heavy atom. The number of thiazole rings is 1. The molecular weight excluding hydrogens is 382 g/mol. The van der Waals surface area contributed by atoms with E-state index >= 15 is 0 Å². The Hall–Kier alpha value is -2.17. The molecule has 26 heavy (non-hydrogen) atoms. The van der Waals surface area contributed by atoms with Crippen molar-refractivity contribution >= 4 is 21.4 Å². The van der Waals surface area contributed by atoms with E-state index < -0.39 is 21.7 Å². The van der Waals surface area contributed by atoms with Crippen molar-refractivity contribution in [2.24, 2.45) is 0 Å². The van der Waals surface area contributed by atoms with Crippen LogP contribution in [-0.4, -0.2) is 30.1 Å². The molecule has 3 rings (SSSR count). The normalized spacial score (nSPS) is 11.8. The molecule has 2 heterocycles. The molecule has 0 aliphatic heterocycles. The van der Waals surface area contributed by atoms with Gasteiger partial charge in [-0.25, -0.2) is 26.9 Å². The Morgan fingerprint density at radius 2 is 1.92 bits per heavy atom. The fourth-order valence-electron chi connectivity index (χ4n) is 2.56. The number of aryl methyl sites for hydroxylation is 2. The van der Waals surface area contributed by atoms with Crippen molar-refractivity contribution in [3.63, 3.8) is 0 Å². The number of nitrogens with one attached hydrogen (secondary N) is 2. The van der Waals surface area contributed by atoms with Crippen LogP contribution in [0.15, 0.2) is 28.5 Å². The third-order valence-corrected chi connectivity index (χ3v) is 6.36. The summed E-state index contributed by atoms with van der Waals surface area (Å²) in [6, 6.07) is 3.63. The van der Waals surface area contributed by atoms with Gasteiger partial charge in [-0.05, 0) is 26.0 Å². The predicted molar refractivity (Wildman–Crippen MR) is 94.4 cm³/mol. The van der Waals surface area contributed by atoms with Gasteiger partial charge in [0.15, 0.2) is 0 Å². The van der Waals surface area contributed by atoms with Gasteiger partial charge in [-0.1, -0.05) is 6.07 Å². The molecule has 0 fully saturated rings. The molecule has 10 heteroatoms. The fourth-order valence-corrected chi connectivity index (χ4v) is 4.86. The molecule has 2 N–H and O–H groups in total. The van der Waals surface area contributed by atoms with E-state index in [0.29, 0.717) is 23.5 Å². The van der Waals surface area contributed by atoms with Crippen LogP contribution in [-0.2, 0) is 16.4 Å². The summed E-state index contributed by atoms with van der Waals surface area (Å²) in [4.78, 5) is 4.33. The maximum atomic E-state index is 13.8. The van der Waals surface area contributed by atoms with Crippen LogP contribution in [0, 0.1) is 25.5 Å². The summed E-state index contributed by atoms with van der Waals surface area (Å²) in [7, 11) is -3.70. The van der Waals surface area contributed by atoms with Crippen molar-refractivity contribution in [1.29, 1.82) is 0 Å². The highest BCUT2D eigenvalue weighted by atomic mass is 32.2. The number of aromatic amines is 1. The van der Waals surface area contributed by atoms with E-state index in [-0.39, 0.29) is 22.0 Å². The Morgan fingerprint density at radius 1 is 1.23 bits per heavy atom. The monoisotopic (exact) mass is 398 g/mol. The van der Waals surface area contributed by atoms with Crippen molar-refractivity contribution in [3.8, 4) is 10.6 Å². The van der Waals surface area contributed by atoms with E-state index in [4.69, 9.17) is 0 Å². The lowest BCUT2D eigenvalue weighted by Gasteiger charge is -2.06. The molecule has 0 amide bonds. The molecule has 0 aliphatic rings. The largest absolute Gasteiger partial charge is 0.281 e. The first-order valence-electron chi connectivity index (χ1n) is 7.69. The number of benzene rings is 1. The Kier molecular flexibility index (Phi) is 5.17. The topological polar surface area (TPSA) is 87.7 Å². The van der Waals surface area contributed by atoms with Crippen molar-refractivity contribution < 1.29 is 17.2 Å². The molecule has 6 nitrogen and oxygen atoms in total. The third kappa shape index (κ3) is 3.67. The van der Waals surface area contributed by atoms with E-state index in [1.807, 2.05) is 0 Å². The highest BCUT2D eigenvalue weighted by Gasteiger charge is 2.22. The lowest BCUT2D eigenvalue weighted by atomic mass is 10.2. The summed E-state index contributed by atoms with van der Waals surface area (Å²) in [6.45, 7) is 3.34. The van der Waals surface area contributed by atoms with Gasteiger partial charge in [0.05, 0.1) is 22.6 Å². The average Bonchev–Trinajstić information content (AvgIpc) is 3.14. The summed E-state index contributed by atoms with van der Waals surface area (Å²) in [5.74, 6) is -1.37. The van der Waals surface area contributed by atoms with Crippen molar-refractivity contribution in [2.45, 2.75) is 25.2 Å². The van der Waals surface area contributed by atoms with Crippen LogP contribution in [0.25, 0.3) is 10.6 Å². The molecule has 3 aromatic rings. The van der Waals surface area contributed by atoms with E-state index in [1.54, 1.807) is 19.2 Å². The molecule has 1 aromatic carbocycles. The van der Waals surface area contributed by atoms with Crippen molar-refractivity contribution in [3.05, 3.63) is 52.3 Å². The van der Waals surface area contributed by atoms with E-state index in [1.165, 1.54) is 18.2 Å². The summed E-state index contributed by atoms with van der Waals surface area (Å²) >= 11 is 1.11. The van der Waals surface area contributed by atoms with Crippen molar-refractivity contribution in [2.75, 3.05) is 6.54 Å². The van der Waals surface area contributed by atoms with Gasteiger partial charge < -0.3 is 0 Å². The molecule has 0 radical (unpaired) electrons. The molecule has 0 saturated carbocycles. The maximum Gasteiger partial charge on any atom is 0.244 e. The van der Waals surface area contributed by atoms with Gasteiger partial charge in [0.25, 0.3) is 0 Å². The number of halogens is 2. The summed E-state index contributed by atoms with van der Waals surface area (Å²) < 4.78 is 54.8. The lowest BCUT2D eigenvalue weighted by molar-refractivity contribution is 0.580. The van der Waals surface area contributed by atoms with Gasteiger partial charge >= 0.3 is 0 Å². The van der Waals surface area contributed by atoms with Crippen LogP contribution in [0.3, 0.4) is 0 Å². The first kappa shape index (κ1) is 18.6. The standard InChI is InChI=1S/C16H16F2N4O2S2/c1-9-15(10(2)22-21-9)26(23,24)19-7-6-11-8-25-16(20-11)14-12(17)4-3-5-13(14)18/h3-5,8,19H,6-7H2,1-2H3,(H,21,22). The second-order valence-electron chi connectivity index (χ2n) is 5.65. The Bertz CT molecular complexity index is 1000. The second-order valence-corrected chi connectivity index (χ2v) is 8.21. The van der Waals surface area contributed by atoms with Crippen LogP contribution in [0.5, 0.6) is 0 Å². The molecule has 0 atom stereocenters. The minimum Gasteiger partial charge on any atom is -0.281 e. The van der Waals surface area contributed by atoms with Crippen LogP contribution in [0.1, 0.15) is 17.1 Å². The van der Waals surface area contributed by atoms with Gasteiger partial charge in [-0.2, -0.15) is 5.10 Å². The number of hydrogen-bond donors (Lipinski definition) is 2. The third-order valence-electron chi connectivity index (χ3n) is 3.73. The van der Waals surface area contributed by atoms with E-state index in [2.05, 4.69) is 19.9 Å². The quantitative estimate of drug-likeness (QED) is 0.668. The zero-order chi connectivity index (χ0) is 18.9. The van der Waals surface area contributed by atoms with Crippen LogP contribution < -0.4 is 4.72 Å². The molecule has 0 bridgehead atoms. The maximum absolute atomic E-state index is 13.8.